The number of ether oxygens (including phenoxy) is 2. The second-order valence-electron chi connectivity index (χ2n) is 8.94. The number of hydrogen-bond donors (Lipinski definition) is 4. The molecule has 2 aromatic carbocycles. The molecule has 0 unspecified atom stereocenters. The van der Waals surface area contributed by atoms with E-state index in [1.165, 1.54) is 0 Å². The van der Waals surface area contributed by atoms with Gasteiger partial charge in [0.25, 0.3) is 0 Å². The second kappa shape index (κ2) is 10.8. The molecule has 2 aliphatic rings. The van der Waals surface area contributed by atoms with E-state index in [9.17, 15) is 14.7 Å². The lowest BCUT2D eigenvalue weighted by Gasteiger charge is -2.37. The van der Waals surface area contributed by atoms with Gasteiger partial charge >= 0.3 is 6.03 Å². The summed E-state index contributed by atoms with van der Waals surface area (Å²) in [7, 11) is 0. The number of hydrogen-bond acceptors (Lipinski definition) is 6. The van der Waals surface area contributed by atoms with Crippen LogP contribution in [0.2, 0.25) is 0 Å². The second-order valence-corrected chi connectivity index (χ2v) is 8.94. The summed E-state index contributed by atoms with van der Waals surface area (Å²) in [5.41, 5.74) is 3.22. The van der Waals surface area contributed by atoms with Gasteiger partial charge in [-0.2, -0.15) is 0 Å². The largest absolute Gasteiger partial charge is 0.487 e. The van der Waals surface area contributed by atoms with E-state index in [1.807, 2.05) is 54.6 Å². The Morgan fingerprint density at radius 2 is 1.78 bits per heavy atom. The fourth-order valence-electron chi connectivity index (χ4n) is 4.76. The molecule has 1 saturated heterocycles. The van der Waals surface area contributed by atoms with Crippen LogP contribution in [0, 0.1) is 0 Å². The van der Waals surface area contributed by atoms with E-state index >= 15 is 0 Å². The number of rotatable bonds is 7. The zero-order valence-electron chi connectivity index (χ0n) is 19.6. The highest BCUT2D eigenvalue weighted by Crippen LogP contribution is 2.47. The predicted molar refractivity (Wildman–Crippen MR) is 134 cm³/mol. The minimum absolute atomic E-state index is 0.0668. The van der Waals surface area contributed by atoms with Gasteiger partial charge in [-0.3, -0.25) is 9.78 Å². The molecule has 0 saturated carbocycles. The number of carbonyl (C=O) groups is 2. The molecule has 0 bridgehead atoms. The Bertz CT molecular complexity index is 1210. The number of fused-ring (bicyclic) bond motifs is 3. The zero-order valence-corrected chi connectivity index (χ0v) is 19.6. The number of aromatic nitrogens is 1. The highest BCUT2D eigenvalue weighted by Gasteiger charge is 2.46. The Morgan fingerprint density at radius 1 is 1.00 bits per heavy atom. The third kappa shape index (κ3) is 5.48. The first-order chi connectivity index (χ1) is 17.6. The lowest BCUT2D eigenvalue weighted by molar-refractivity contribution is -0.142. The monoisotopic (exact) mass is 488 g/mol. The summed E-state index contributed by atoms with van der Waals surface area (Å²) in [6.07, 6.45) is 2.84. The summed E-state index contributed by atoms with van der Waals surface area (Å²) in [6.45, 7) is 0.199. The number of amides is 3. The molecule has 5 rings (SSSR count). The van der Waals surface area contributed by atoms with Crippen LogP contribution < -0.4 is 20.7 Å². The maximum absolute atomic E-state index is 12.6. The van der Waals surface area contributed by atoms with Crippen molar-refractivity contribution < 1.29 is 24.2 Å². The van der Waals surface area contributed by atoms with Crippen LogP contribution in [0.3, 0.4) is 0 Å². The van der Waals surface area contributed by atoms with Crippen LogP contribution in [0.15, 0.2) is 73.1 Å². The van der Waals surface area contributed by atoms with Crippen molar-refractivity contribution in [2.24, 2.45) is 0 Å². The first-order valence-corrected chi connectivity index (χ1v) is 11.9. The molecule has 0 spiro atoms. The number of pyridine rings is 1. The van der Waals surface area contributed by atoms with E-state index in [2.05, 4.69) is 20.9 Å². The molecular weight excluding hydrogens is 460 g/mol. The van der Waals surface area contributed by atoms with Gasteiger partial charge in [-0.15, -0.1) is 0 Å². The van der Waals surface area contributed by atoms with Gasteiger partial charge < -0.3 is 30.5 Å². The summed E-state index contributed by atoms with van der Waals surface area (Å²) >= 11 is 0. The Hall–Kier alpha value is -3.95. The Balaban J connectivity index is 1.24. The van der Waals surface area contributed by atoms with Gasteiger partial charge in [0.1, 0.15) is 18.0 Å². The Labute approximate surface area is 208 Å². The molecule has 9 heteroatoms. The van der Waals surface area contributed by atoms with E-state index in [4.69, 9.17) is 9.47 Å². The van der Waals surface area contributed by atoms with Gasteiger partial charge in [0.05, 0.1) is 19.1 Å². The van der Waals surface area contributed by atoms with E-state index in [1.54, 1.807) is 18.5 Å². The average Bonchev–Trinajstić information content (AvgIpc) is 3.26. The van der Waals surface area contributed by atoms with Gasteiger partial charge in [0.2, 0.25) is 5.91 Å². The average molecular weight is 489 g/mol. The van der Waals surface area contributed by atoms with Crippen molar-refractivity contribution in [3.8, 4) is 5.75 Å². The summed E-state index contributed by atoms with van der Waals surface area (Å²) in [4.78, 5) is 29.0. The standard InChI is InChI=1S/C27H28N4O5/c32-16-24-26-22(13-20(35-24)14-25(33)29-15-17-8-10-28-11-9-17)21-12-19(6-7-23(21)36-26)31-27(34)30-18-4-2-1-3-5-18/h1-12,20,22,24,26,32H,13-16H2,(H,29,33)(H2,30,31,34)/t20-,22-,24+,26+/m0/s1. The predicted octanol–water partition coefficient (Wildman–Crippen LogP) is 3.43. The zero-order chi connectivity index (χ0) is 24.9. The fraction of sp³-hybridized carbons (Fsp3) is 0.296. The topological polar surface area (TPSA) is 122 Å². The van der Waals surface area contributed by atoms with Gasteiger partial charge in [-0.1, -0.05) is 18.2 Å². The van der Waals surface area contributed by atoms with Crippen molar-refractivity contribution >= 4 is 23.3 Å². The van der Waals surface area contributed by atoms with Gasteiger partial charge in [0.15, 0.2) is 0 Å². The van der Waals surface area contributed by atoms with Crippen LogP contribution in [0.4, 0.5) is 16.2 Å². The Morgan fingerprint density at radius 3 is 2.56 bits per heavy atom. The molecule has 0 radical (unpaired) electrons. The number of anilines is 2. The third-order valence-corrected chi connectivity index (χ3v) is 6.44. The molecular formula is C27H28N4O5. The number of benzene rings is 2. The summed E-state index contributed by atoms with van der Waals surface area (Å²) in [6, 6.07) is 18.0. The van der Waals surface area contributed by atoms with E-state index in [-0.39, 0.29) is 43.1 Å². The van der Waals surface area contributed by atoms with Crippen LogP contribution in [0.1, 0.15) is 29.9 Å². The number of para-hydroxylation sites is 1. The number of aliphatic hydroxyl groups excluding tert-OH is 1. The number of urea groups is 1. The molecule has 3 aromatic rings. The first-order valence-electron chi connectivity index (χ1n) is 11.9. The molecule has 1 aromatic heterocycles. The molecule has 2 aliphatic heterocycles. The van der Waals surface area contributed by atoms with Crippen molar-refractivity contribution in [2.45, 2.75) is 43.6 Å². The minimum Gasteiger partial charge on any atom is -0.487 e. The summed E-state index contributed by atoms with van der Waals surface area (Å²) in [5, 5.41) is 18.5. The van der Waals surface area contributed by atoms with Crippen molar-refractivity contribution in [3.05, 3.63) is 84.2 Å². The smallest absolute Gasteiger partial charge is 0.323 e. The highest BCUT2D eigenvalue weighted by molar-refractivity contribution is 5.99. The third-order valence-electron chi connectivity index (χ3n) is 6.44. The van der Waals surface area contributed by atoms with Crippen molar-refractivity contribution in [2.75, 3.05) is 17.2 Å². The Kier molecular flexibility index (Phi) is 7.11. The maximum Gasteiger partial charge on any atom is 0.323 e. The lowest BCUT2D eigenvalue weighted by atomic mass is 9.84. The summed E-state index contributed by atoms with van der Waals surface area (Å²) in [5.74, 6) is 0.505. The molecule has 9 nitrogen and oxygen atoms in total. The molecule has 4 atom stereocenters. The van der Waals surface area contributed by atoms with Gasteiger partial charge in [-0.25, -0.2) is 4.79 Å². The van der Waals surface area contributed by atoms with Gasteiger partial charge in [-0.05, 0) is 54.4 Å². The van der Waals surface area contributed by atoms with E-state index in [0.29, 0.717) is 30.1 Å². The quantitative estimate of drug-likeness (QED) is 0.404. The molecule has 0 aliphatic carbocycles. The van der Waals surface area contributed by atoms with Gasteiger partial charge in [0, 0.05) is 41.8 Å². The first kappa shape index (κ1) is 23.8. The molecule has 1 fully saturated rings. The molecule has 186 valence electrons. The number of carbonyl (C=O) groups excluding carboxylic acids is 2. The van der Waals surface area contributed by atoms with Crippen LogP contribution in [-0.2, 0) is 16.1 Å². The van der Waals surface area contributed by atoms with Crippen LogP contribution in [0.5, 0.6) is 5.75 Å². The van der Waals surface area contributed by atoms with Crippen LogP contribution >= 0.6 is 0 Å². The highest BCUT2D eigenvalue weighted by atomic mass is 16.6. The molecule has 3 heterocycles. The SMILES string of the molecule is O=C(C[C@@H]1C[C@H]2c3cc(NC(=O)Nc4ccccc4)ccc3O[C@H]2[C@@H](CO)O1)NCc1ccncc1. The van der Waals surface area contributed by atoms with Crippen molar-refractivity contribution in [3.63, 3.8) is 0 Å². The number of nitrogens with one attached hydrogen (secondary N) is 3. The van der Waals surface area contributed by atoms with Crippen molar-refractivity contribution in [1.82, 2.24) is 10.3 Å². The van der Waals surface area contributed by atoms with Crippen LogP contribution in [0.25, 0.3) is 0 Å². The fourth-order valence-corrected chi connectivity index (χ4v) is 4.76. The molecule has 4 N–H and O–H groups in total. The lowest BCUT2D eigenvalue weighted by Crippen LogP contribution is -2.47. The normalized spacial score (nSPS) is 22.0. The van der Waals surface area contributed by atoms with E-state index in [0.717, 1.165) is 11.1 Å². The van der Waals surface area contributed by atoms with Crippen molar-refractivity contribution in [1.29, 1.82) is 0 Å². The number of nitrogens with zero attached hydrogens (tertiary/aromatic N) is 1. The number of aliphatic hydroxyl groups is 1. The summed E-state index contributed by atoms with van der Waals surface area (Å²) < 4.78 is 12.1. The maximum atomic E-state index is 12.6. The minimum atomic E-state index is -0.549. The molecule has 36 heavy (non-hydrogen) atoms. The molecule has 3 amide bonds. The van der Waals surface area contributed by atoms with Crippen LogP contribution in [-0.4, -0.2) is 46.9 Å². The van der Waals surface area contributed by atoms with E-state index < -0.39 is 6.10 Å².